The molecule has 0 amide bonds. The second-order valence-electron chi connectivity index (χ2n) is 3.62. The molecule has 0 radical (unpaired) electrons. The first kappa shape index (κ1) is 13.5. The minimum atomic E-state index is 0.158. The lowest BCUT2D eigenvalue weighted by molar-refractivity contribution is 0.232. The fraction of sp³-hybridized carbons (Fsp3) is 0.500. The number of halogens is 1. The maximum atomic E-state index is 8.72. The molecule has 0 heterocycles. The number of aliphatic hydroxyl groups is 1. The standard InChI is InChI=1S/C12H18BrNO2/c1-9(14-2)11-5-4-10(13)8-12(11)16-7-3-6-15/h4-5,8-9,14-15H,3,6-7H2,1-2H3. The lowest BCUT2D eigenvalue weighted by Crippen LogP contribution is -2.14. The SMILES string of the molecule is CNC(C)c1ccc(Br)cc1OCCCO. The van der Waals surface area contributed by atoms with Crippen molar-refractivity contribution in [3.8, 4) is 5.75 Å². The van der Waals surface area contributed by atoms with E-state index in [9.17, 15) is 0 Å². The molecule has 0 saturated heterocycles. The van der Waals surface area contributed by atoms with Crippen molar-refractivity contribution in [2.45, 2.75) is 19.4 Å². The van der Waals surface area contributed by atoms with Gasteiger partial charge in [-0.25, -0.2) is 0 Å². The molecule has 0 aliphatic heterocycles. The molecule has 16 heavy (non-hydrogen) atoms. The maximum absolute atomic E-state index is 8.72. The fourth-order valence-electron chi connectivity index (χ4n) is 1.39. The van der Waals surface area contributed by atoms with Crippen LogP contribution in [0.4, 0.5) is 0 Å². The fourth-order valence-corrected chi connectivity index (χ4v) is 1.73. The molecular formula is C12H18BrNO2. The Morgan fingerprint density at radius 2 is 2.25 bits per heavy atom. The molecule has 1 aromatic carbocycles. The predicted octanol–water partition coefficient (Wildman–Crippen LogP) is 2.49. The van der Waals surface area contributed by atoms with Crippen LogP contribution < -0.4 is 10.1 Å². The highest BCUT2D eigenvalue weighted by Crippen LogP contribution is 2.28. The third-order valence-corrected chi connectivity index (χ3v) is 2.93. The van der Waals surface area contributed by atoms with Crippen LogP contribution in [0.2, 0.25) is 0 Å². The van der Waals surface area contributed by atoms with Crippen molar-refractivity contribution in [1.29, 1.82) is 0 Å². The lowest BCUT2D eigenvalue weighted by atomic mass is 10.1. The normalized spacial score (nSPS) is 12.5. The van der Waals surface area contributed by atoms with Crippen molar-refractivity contribution in [2.24, 2.45) is 0 Å². The number of aliphatic hydroxyl groups excluding tert-OH is 1. The van der Waals surface area contributed by atoms with Gasteiger partial charge in [0.05, 0.1) is 6.61 Å². The van der Waals surface area contributed by atoms with Crippen molar-refractivity contribution >= 4 is 15.9 Å². The van der Waals surface area contributed by atoms with E-state index in [1.807, 2.05) is 25.2 Å². The molecule has 1 atom stereocenters. The van der Waals surface area contributed by atoms with Crippen molar-refractivity contribution in [2.75, 3.05) is 20.3 Å². The molecular weight excluding hydrogens is 270 g/mol. The van der Waals surface area contributed by atoms with Crippen molar-refractivity contribution in [3.05, 3.63) is 28.2 Å². The summed E-state index contributed by atoms with van der Waals surface area (Å²) in [6.45, 7) is 2.78. The van der Waals surface area contributed by atoms with Gasteiger partial charge >= 0.3 is 0 Å². The topological polar surface area (TPSA) is 41.5 Å². The Hall–Kier alpha value is -0.580. The van der Waals surface area contributed by atoms with E-state index in [1.54, 1.807) is 0 Å². The second kappa shape index (κ2) is 6.89. The largest absolute Gasteiger partial charge is 0.493 e. The van der Waals surface area contributed by atoms with Crippen LogP contribution in [0, 0.1) is 0 Å². The van der Waals surface area contributed by atoms with E-state index in [0.29, 0.717) is 13.0 Å². The summed E-state index contributed by atoms with van der Waals surface area (Å²) in [6, 6.07) is 6.25. The number of hydrogen-bond donors (Lipinski definition) is 2. The molecule has 0 aromatic heterocycles. The maximum Gasteiger partial charge on any atom is 0.125 e. The first-order valence-electron chi connectivity index (χ1n) is 5.39. The van der Waals surface area contributed by atoms with Gasteiger partial charge in [0.25, 0.3) is 0 Å². The number of hydrogen-bond acceptors (Lipinski definition) is 3. The Bertz CT molecular complexity index is 331. The van der Waals surface area contributed by atoms with E-state index >= 15 is 0 Å². The Labute approximate surface area is 105 Å². The van der Waals surface area contributed by atoms with Crippen LogP contribution in [-0.2, 0) is 0 Å². The van der Waals surface area contributed by atoms with Crippen LogP contribution >= 0.6 is 15.9 Å². The molecule has 0 aliphatic carbocycles. The van der Waals surface area contributed by atoms with Crippen LogP contribution in [0.3, 0.4) is 0 Å². The minimum Gasteiger partial charge on any atom is -0.493 e. The third kappa shape index (κ3) is 3.77. The Balaban J connectivity index is 2.81. The number of ether oxygens (including phenoxy) is 1. The van der Waals surface area contributed by atoms with Crippen molar-refractivity contribution < 1.29 is 9.84 Å². The molecule has 0 bridgehead atoms. The number of nitrogens with one attached hydrogen (secondary N) is 1. The molecule has 0 aliphatic rings. The van der Waals surface area contributed by atoms with E-state index in [1.165, 1.54) is 0 Å². The van der Waals surface area contributed by atoms with Gasteiger partial charge in [0.15, 0.2) is 0 Å². The van der Waals surface area contributed by atoms with Gasteiger partial charge in [-0.15, -0.1) is 0 Å². The molecule has 1 rings (SSSR count). The molecule has 1 aromatic rings. The summed E-state index contributed by atoms with van der Waals surface area (Å²) in [5.74, 6) is 0.865. The summed E-state index contributed by atoms with van der Waals surface area (Å²) in [5.41, 5.74) is 1.13. The summed E-state index contributed by atoms with van der Waals surface area (Å²) < 4.78 is 6.65. The lowest BCUT2D eigenvalue weighted by Gasteiger charge is -2.16. The summed E-state index contributed by atoms with van der Waals surface area (Å²) in [7, 11) is 1.92. The van der Waals surface area contributed by atoms with Gasteiger partial charge in [-0.2, -0.15) is 0 Å². The Kier molecular flexibility index (Phi) is 5.80. The first-order valence-corrected chi connectivity index (χ1v) is 6.18. The van der Waals surface area contributed by atoms with E-state index < -0.39 is 0 Å². The van der Waals surface area contributed by atoms with E-state index in [4.69, 9.17) is 9.84 Å². The summed E-state index contributed by atoms with van der Waals surface area (Å²) in [4.78, 5) is 0. The van der Waals surface area contributed by atoms with E-state index in [0.717, 1.165) is 15.8 Å². The molecule has 0 fully saturated rings. The summed E-state index contributed by atoms with van der Waals surface area (Å²) >= 11 is 3.43. The van der Waals surface area contributed by atoms with Gasteiger partial charge in [-0.05, 0) is 26.1 Å². The zero-order chi connectivity index (χ0) is 12.0. The van der Waals surface area contributed by atoms with Crippen LogP contribution in [0.5, 0.6) is 5.75 Å². The molecule has 90 valence electrons. The van der Waals surface area contributed by atoms with Gasteiger partial charge in [0, 0.05) is 29.1 Å². The predicted molar refractivity (Wildman–Crippen MR) is 68.8 cm³/mol. The smallest absolute Gasteiger partial charge is 0.125 e. The Morgan fingerprint density at radius 1 is 1.50 bits per heavy atom. The summed E-state index contributed by atoms with van der Waals surface area (Å²) in [5, 5.41) is 11.9. The molecule has 3 nitrogen and oxygen atoms in total. The van der Waals surface area contributed by atoms with Gasteiger partial charge < -0.3 is 15.2 Å². The van der Waals surface area contributed by atoms with E-state index in [-0.39, 0.29) is 12.6 Å². The minimum absolute atomic E-state index is 0.158. The zero-order valence-electron chi connectivity index (χ0n) is 9.66. The first-order chi connectivity index (χ1) is 7.69. The molecule has 1 unspecified atom stereocenters. The van der Waals surface area contributed by atoms with Gasteiger partial charge in [0.2, 0.25) is 0 Å². The number of benzene rings is 1. The van der Waals surface area contributed by atoms with Crippen LogP contribution in [0.15, 0.2) is 22.7 Å². The highest BCUT2D eigenvalue weighted by molar-refractivity contribution is 9.10. The van der Waals surface area contributed by atoms with Crippen LogP contribution in [-0.4, -0.2) is 25.4 Å². The van der Waals surface area contributed by atoms with Crippen LogP contribution in [0.25, 0.3) is 0 Å². The van der Waals surface area contributed by atoms with Gasteiger partial charge in [-0.3, -0.25) is 0 Å². The van der Waals surface area contributed by atoms with Gasteiger partial charge in [-0.1, -0.05) is 22.0 Å². The second-order valence-corrected chi connectivity index (χ2v) is 4.53. The highest BCUT2D eigenvalue weighted by atomic mass is 79.9. The van der Waals surface area contributed by atoms with Crippen molar-refractivity contribution in [1.82, 2.24) is 5.32 Å². The summed E-state index contributed by atoms with van der Waals surface area (Å²) in [6.07, 6.45) is 0.653. The molecule has 0 spiro atoms. The molecule has 4 heteroatoms. The average Bonchev–Trinajstić information content (AvgIpc) is 2.29. The third-order valence-electron chi connectivity index (χ3n) is 2.44. The number of rotatable bonds is 6. The zero-order valence-corrected chi connectivity index (χ0v) is 11.3. The van der Waals surface area contributed by atoms with Crippen molar-refractivity contribution in [3.63, 3.8) is 0 Å². The highest BCUT2D eigenvalue weighted by Gasteiger charge is 2.10. The average molecular weight is 288 g/mol. The van der Waals surface area contributed by atoms with Crippen LogP contribution in [0.1, 0.15) is 24.9 Å². The molecule has 2 N–H and O–H groups in total. The van der Waals surface area contributed by atoms with E-state index in [2.05, 4.69) is 28.2 Å². The monoisotopic (exact) mass is 287 g/mol. The Morgan fingerprint density at radius 3 is 2.88 bits per heavy atom. The van der Waals surface area contributed by atoms with Gasteiger partial charge in [0.1, 0.15) is 5.75 Å². The molecule has 0 saturated carbocycles. The quantitative estimate of drug-likeness (QED) is 0.790.